The predicted octanol–water partition coefficient (Wildman–Crippen LogP) is 3.12. The normalized spacial score (nSPS) is 10.4. The van der Waals surface area contributed by atoms with E-state index in [0.717, 1.165) is 10.2 Å². The van der Waals surface area contributed by atoms with E-state index < -0.39 is 0 Å². The molecule has 1 aromatic carbocycles. The zero-order chi connectivity index (χ0) is 14.5. The number of halogens is 1. The second-order valence-corrected chi connectivity index (χ2v) is 5.47. The lowest BCUT2D eigenvalue weighted by atomic mass is 10.3. The molecule has 6 heteroatoms. The van der Waals surface area contributed by atoms with E-state index in [2.05, 4.69) is 36.5 Å². The van der Waals surface area contributed by atoms with Gasteiger partial charge < -0.3 is 10.6 Å². The minimum absolute atomic E-state index is 0.0862. The molecule has 1 heterocycles. The molecule has 2 N–H and O–H groups in total. The van der Waals surface area contributed by atoms with Crippen molar-refractivity contribution < 1.29 is 4.79 Å². The Balaban J connectivity index is 2.04. The molecular weight excluding hydrogens is 320 g/mol. The summed E-state index contributed by atoms with van der Waals surface area (Å²) >= 11 is 3.37. The highest BCUT2D eigenvalue weighted by atomic mass is 79.9. The third kappa shape index (κ3) is 4.03. The number of carbonyl (C=O) groups is 1. The molecule has 0 atom stereocenters. The summed E-state index contributed by atoms with van der Waals surface area (Å²) in [7, 11) is 0. The maximum absolute atomic E-state index is 11.7. The highest BCUT2D eigenvalue weighted by molar-refractivity contribution is 9.10. The monoisotopic (exact) mass is 334 g/mol. The molecule has 0 unspecified atom stereocenters. The van der Waals surface area contributed by atoms with Gasteiger partial charge in [-0.25, -0.2) is 9.97 Å². The van der Waals surface area contributed by atoms with Crippen LogP contribution in [-0.4, -0.2) is 21.9 Å². The standard InChI is InChI=1S/C14H15BrN4O/c1-9(2)18-13(20)10-7-16-14(17-8-10)19-12-5-3-11(15)4-6-12/h3-9H,1-2H3,(H,18,20)(H,16,17,19). The van der Waals surface area contributed by atoms with Gasteiger partial charge >= 0.3 is 0 Å². The topological polar surface area (TPSA) is 66.9 Å². The fourth-order valence-electron chi connectivity index (χ4n) is 1.52. The third-order valence-corrected chi connectivity index (χ3v) is 2.96. The molecule has 0 aliphatic heterocycles. The average Bonchev–Trinajstić information content (AvgIpc) is 2.41. The quantitative estimate of drug-likeness (QED) is 0.901. The maximum atomic E-state index is 11.7. The van der Waals surface area contributed by atoms with Crippen LogP contribution >= 0.6 is 15.9 Å². The molecule has 0 saturated heterocycles. The summed E-state index contributed by atoms with van der Waals surface area (Å²) in [6.45, 7) is 3.81. The van der Waals surface area contributed by atoms with Crippen LogP contribution in [0.2, 0.25) is 0 Å². The molecule has 0 bridgehead atoms. The van der Waals surface area contributed by atoms with Crippen molar-refractivity contribution in [2.45, 2.75) is 19.9 Å². The number of hydrogen-bond acceptors (Lipinski definition) is 4. The largest absolute Gasteiger partial charge is 0.350 e. The fraction of sp³-hybridized carbons (Fsp3) is 0.214. The molecule has 1 amide bonds. The molecule has 0 spiro atoms. The number of amides is 1. The Hall–Kier alpha value is -1.95. The van der Waals surface area contributed by atoms with Crippen molar-refractivity contribution in [3.8, 4) is 0 Å². The van der Waals surface area contributed by atoms with Gasteiger partial charge in [0.05, 0.1) is 5.56 Å². The summed E-state index contributed by atoms with van der Waals surface area (Å²) < 4.78 is 1.00. The molecule has 0 saturated carbocycles. The van der Waals surface area contributed by atoms with E-state index in [-0.39, 0.29) is 11.9 Å². The van der Waals surface area contributed by atoms with Crippen LogP contribution in [0.5, 0.6) is 0 Å². The van der Waals surface area contributed by atoms with Crippen molar-refractivity contribution in [1.82, 2.24) is 15.3 Å². The Morgan fingerprint density at radius 2 is 1.75 bits per heavy atom. The van der Waals surface area contributed by atoms with E-state index in [0.29, 0.717) is 11.5 Å². The lowest BCUT2D eigenvalue weighted by Gasteiger charge is -2.08. The Bertz CT molecular complexity index is 581. The van der Waals surface area contributed by atoms with E-state index in [1.807, 2.05) is 38.1 Å². The number of nitrogens with one attached hydrogen (secondary N) is 2. The van der Waals surface area contributed by atoms with Gasteiger partial charge in [-0.2, -0.15) is 0 Å². The number of aromatic nitrogens is 2. The number of nitrogens with zero attached hydrogens (tertiary/aromatic N) is 2. The summed E-state index contributed by atoms with van der Waals surface area (Å²) in [5, 5.41) is 5.85. The first-order valence-electron chi connectivity index (χ1n) is 6.20. The second kappa shape index (κ2) is 6.47. The molecule has 20 heavy (non-hydrogen) atoms. The first-order chi connectivity index (χ1) is 9.54. The summed E-state index contributed by atoms with van der Waals surface area (Å²) in [4.78, 5) is 20.0. The van der Waals surface area contributed by atoms with Crippen LogP contribution in [0.4, 0.5) is 11.6 Å². The molecule has 0 aliphatic carbocycles. The van der Waals surface area contributed by atoms with Gasteiger partial charge in [0, 0.05) is 28.6 Å². The van der Waals surface area contributed by atoms with E-state index in [9.17, 15) is 4.79 Å². The van der Waals surface area contributed by atoms with E-state index >= 15 is 0 Å². The number of carbonyl (C=O) groups excluding carboxylic acids is 1. The van der Waals surface area contributed by atoms with Crippen LogP contribution in [0.15, 0.2) is 41.1 Å². The van der Waals surface area contributed by atoms with Gasteiger partial charge in [0.15, 0.2) is 0 Å². The first kappa shape index (κ1) is 14.5. The Morgan fingerprint density at radius 3 is 2.30 bits per heavy atom. The second-order valence-electron chi connectivity index (χ2n) is 4.56. The van der Waals surface area contributed by atoms with Crippen molar-refractivity contribution >= 4 is 33.5 Å². The van der Waals surface area contributed by atoms with E-state index in [4.69, 9.17) is 0 Å². The van der Waals surface area contributed by atoms with E-state index in [1.54, 1.807) is 0 Å². The summed E-state index contributed by atoms with van der Waals surface area (Å²) in [5.41, 5.74) is 1.33. The maximum Gasteiger partial charge on any atom is 0.254 e. The Labute approximate surface area is 126 Å². The van der Waals surface area contributed by atoms with Gasteiger partial charge in [-0.05, 0) is 38.1 Å². The van der Waals surface area contributed by atoms with Gasteiger partial charge in [0.25, 0.3) is 5.91 Å². The molecule has 5 nitrogen and oxygen atoms in total. The van der Waals surface area contributed by atoms with Gasteiger partial charge in [-0.3, -0.25) is 4.79 Å². The SMILES string of the molecule is CC(C)NC(=O)c1cnc(Nc2ccc(Br)cc2)nc1. The Morgan fingerprint density at radius 1 is 1.15 bits per heavy atom. The predicted molar refractivity (Wildman–Crippen MR) is 82.1 cm³/mol. The van der Waals surface area contributed by atoms with Crippen LogP contribution < -0.4 is 10.6 Å². The smallest absolute Gasteiger partial charge is 0.254 e. The van der Waals surface area contributed by atoms with Crippen LogP contribution in [-0.2, 0) is 0 Å². The number of benzene rings is 1. The number of rotatable bonds is 4. The average molecular weight is 335 g/mol. The van der Waals surface area contributed by atoms with Crippen LogP contribution in [0, 0.1) is 0 Å². The summed E-state index contributed by atoms with van der Waals surface area (Å²) in [6.07, 6.45) is 3.01. The van der Waals surface area contributed by atoms with Gasteiger partial charge in [0.1, 0.15) is 0 Å². The summed E-state index contributed by atoms with van der Waals surface area (Å²) in [6, 6.07) is 7.75. The zero-order valence-electron chi connectivity index (χ0n) is 11.2. The van der Waals surface area contributed by atoms with Crippen LogP contribution in [0.3, 0.4) is 0 Å². The molecule has 0 radical (unpaired) electrons. The fourth-order valence-corrected chi connectivity index (χ4v) is 1.78. The molecule has 2 aromatic rings. The van der Waals surface area contributed by atoms with Crippen molar-refractivity contribution in [2.24, 2.45) is 0 Å². The van der Waals surface area contributed by atoms with Gasteiger partial charge in [-0.15, -0.1) is 0 Å². The molecular formula is C14H15BrN4O. The molecule has 1 aromatic heterocycles. The highest BCUT2D eigenvalue weighted by Crippen LogP contribution is 2.16. The number of hydrogen-bond donors (Lipinski definition) is 2. The minimum atomic E-state index is -0.171. The number of anilines is 2. The van der Waals surface area contributed by atoms with Crippen molar-refractivity contribution in [1.29, 1.82) is 0 Å². The zero-order valence-corrected chi connectivity index (χ0v) is 12.8. The summed E-state index contributed by atoms with van der Waals surface area (Å²) in [5.74, 6) is 0.281. The molecule has 0 aliphatic rings. The minimum Gasteiger partial charge on any atom is -0.350 e. The molecule has 2 rings (SSSR count). The molecule has 104 valence electrons. The van der Waals surface area contributed by atoms with Crippen molar-refractivity contribution in [2.75, 3.05) is 5.32 Å². The Kier molecular flexibility index (Phi) is 4.68. The van der Waals surface area contributed by atoms with Crippen LogP contribution in [0.1, 0.15) is 24.2 Å². The highest BCUT2D eigenvalue weighted by Gasteiger charge is 2.08. The van der Waals surface area contributed by atoms with Crippen molar-refractivity contribution in [3.63, 3.8) is 0 Å². The lowest BCUT2D eigenvalue weighted by Crippen LogP contribution is -2.30. The lowest BCUT2D eigenvalue weighted by molar-refractivity contribution is 0.0942. The third-order valence-electron chi connectivity index (χ3n) is 2.43. The first-order valence-corrected chi connectivity index (χ1v) is 6.99. The van der Waals surface area contributed by atoms with Gasteiger partial charge in [0.2, 0.25) is 5.95 Å². The molecule has 0 fully saturated rings. The van der Waals surface area contributed by atoms with Gasteiger partial charge in [-0.1, -0.05) is 15.9 Å². The van der Waals surface area contributed by atoms with Crippen LogP contribution in [0.25, 0.3) is 0 Å². The van der Waals surface area contributed by atoms with Crippen molar-refractivity contribution in [3.05, 3.63) is 46.7 Å². The van der Waals surface area contributed by atoms with E-state index in [1.165, 1.54) is 12.4 Å².